The van der Waals surface area contributed by atoms with Crippen LogP contribution in [0, 0.1) is 0 Å². The molecule has 0 radical (unpaired) electrons. The van der Waals surface area contributed by atoms with Gasteiger partial charge in [-0.2, -0.15) is 0 Å². The van der Waals surface area contributed by atoms with E-state index in [1.807, 2.05) is 6.92 Å². The summed E-state index contributed by atoms with van der Waals surface area (Å²) in [6.07, 6.45) is 5.01. The fourth-order valence-electron chi connectivity index (χ4n) is 1.16. The number of nitrogens with one attached hydrogen (secondary N) is 1. The second kappa shape index (κ2) is 5.39. The van der Waals surface area contributed by atoms with Crippen molar-refractivity contribution in [3.8, 4) is 0 Å². The zero-order valence-corrected chi connectivity index (χ0v) is 8.43. The first-order chi connectivity index (χ1) is 6.72. The molecule has 1 unspecified atom stereocenters. The second-order valence-corrected chi connectivity index (χ2v) is 3.16. The molecule has 0 saturated carbocycles. The topological polar surface area (TPSA) is 56.1 Å². The van der Waals surface area contributed by atoms with E-state index in [-0.39, 0.29) is 11.9 Å². The molecule has 5 heteroatoms. The number of ether oxygens (including phenoxy) is 1. The Morgan fingerprint density at radius 2 is 2.50 bits per heavy atom. The van der Waals surface area contributed by atoms with Gasteiger partial charge in [-0.25, -0.2) is 4.98 Å². The van der Waals surface area contributed by atoms with Crippen molar-refractivity contribution in [1.82, 2.24) is 14.9 Å². The first-order valence-electron chi connectivity index (χ1n) is 4.46. The van der Waals surface area contributed by atoms with Crippen molar-refractivity contribution in [2.24, 2.45) is 0 Å². The average molecular weight is 197 g/mol. The third kappa shape index (κ3) is 3.57. The lowest BCUT2D eigenvalue weighted by Gasteiger charge is -2.12. The SMILES string of the molecule is COCC(C)NC(=O)Cn1ccnc1. The summed E-state index contributed by atoms with van der Waals surface area (Å²) in [6.45, 7) is 2.72. The predicted octanol–water partition coefficient (Wildman–Crippen LogP) is 0.0342. The summed E-state index contributed by atoms with van der Waals surface area (Å²) in [4.78, 5) is 15.2. The van der Waals surface area contributed by atoms with E-state index in [0.29, 0.717) is 13.2 Å². The van der Waals surface area contributed by atoms with Gasteiger partial charge in [-0.1, -0.05) is 0 Å². The lowest BCUT2D eigenvalue weighted by Crippen LogP contribution is -2.37. The van der Waals surface area contributed by atoms with Crippen LogP contribution in [0.4, 0.5) is 0 Å². The van der Waals surface area contributed by atoms with E-state index in [4.69, 9.17) is 4.74 Å². The number of methoxy groups -OCH3 is 1. The molecule has 0 saturated heterocycles. The summed E-state index contributed by atoms with van der Waals surface area (Å²) in [5.74, 6) is -0.0347. The van der Waals surface area contributed by atoms with Gasteiger partial charge in [0.15, 0.2) is 0 Å². The summed E-state index contributed by atoms with van der Waals surface area (Å²) in [5.41, 5.74) is 0. The van der Waals surface area contributed by atoms with Crippen molar-refractivity contribution in [1.29, 1.82) is 0 Å². The standard InChI is InChI=1S/C9H15N3O2/c1-8(6-14-2)11-9(13)5-12-4-3-10-7-12/h3-4,7-8H,5-6H2,1-2H3,(H,11,13). The highest BCUT2D eigenvalue weighted by Crippen LogP contribution is 1.88. The molecule has 5 nitrogen and oxygen atoms in total. The molecule has 1 amide bonds. The summed E-state index contributed by atoms with van der Waals surface area (Å²) < 4.78 is 6.62. The minimum Gasteiger partial charge on any atom is -0.383 e. The lowest BCUT2D eigenvalue weighted by atomic mass is 10.3. The summed E-state index contributed by atoms with van der Waals surface area (Å²) >= 11 is 0. The smallest absolute Gasteiger partial charge is 0.240 e. The summed E-state index contributed by atoms with van der Waals surface area (Å²) in [7, 11) is 1.61. The van der Waals surface area contributed by atoms with Crippen molar-refractivity contribution in [2.45, 2.75) is 19.5 Å². The van der Waals surface area contributed by atoms with Gasteiger partial charge in [0, 0.05) is 25.5 Å². The first kappa shape index (κ1) is 10.7. The molecular weight excluding hydrogens is 182 g/mol. The van der Waals surface area contributed by atoms with Crippen LogP contribution in [0.15, 0.2) is 18.7 Å². The Kier molecular flexibility index (Phi) is 4.12. The minimum atomic E-state index is -0.0347. The molecule has 0 bridgehead atoms. The van der Waals surface area contributed by atoms with Gasteiger partial charge in [-0.3, -0.25) is 4.79 Å². The Morgan fingerprint density at radius 1 is 1.71 bits per heavy atom. The van der Waals surface area contributed by atoms with Gasteiger partial charge in [-0.05, 0) is 6.92 Å². The largest absolute Gasteiger partial charge is 0.383 e. The Labute approximate surface area is 83.1 Å². The molecule has 1 N–H and O–H groups in total. The molecule has 1 atom stereocenters. The first-order valence-corrected chi connectivity index (χ1v) is 4.46. The van der Waals surface area contributed by atoms with Crippen LogP contribution in [0.2, 0.25) is 0 Å². The molecule has 0 spiro atoms. The van der Waals surface area contributed by atoms with Crippen molar-refractivity contribution in [3.63, 3.8) is 0 Å². The number of amides is 1. The van der Waals surface area contributed by atoms with E-state index < -0.39 is 0 Å². The molecule has 1 aromatic rings. The van der Waals surface area contributed by atoms with Crippen LogP contribution in [0.5, 0.6) is 0 Å². The summed E-state index contributed by atoms with van der Waals surface area (Å²) in [6, 6.07) is 0.0380. The van der Waals surface area contributed by atoms with Gasteiger partial charge in [0.1, 0.15) is 6.54 Å². The maximum atomic E-state index is 11.4. The van der Waals surface area contributed by atoms with Crippen LogP contribution in [-0.2, 0) is 16.1 Å². The van der Waals surface area contributed by atoms with Crippen molar-refractivity contribution >= 4 is 5.91 Å². The zero-order valence-electron chi connectivity index (χ0n) is 8.43. The maximum Gasteiger partial charge on any atom is 0.240 e. The number of hydrogen-bond acceptors (Lipinski definition) is 3. The van der Waals surface area contributed by atoms with Crippen LogP contribution < -0.4 is 5.32 Å². The zero-order chi connectivity index (χ0) is 10.4. The van der Waals surface area contributed by atoms with E-state index in [2.05, 4.69) is 10.3 Å². The second-order valence-electron chi connectivity index (χ2n) is 3.16. The van der Waals surface area contributed by atoms with Gasteiger partial charge in [-0.15, -0.1) is 0 Å². The highest BCUT2D eigenvalue weighted by atomic mass is 16.5. The van der Waals surface area contributed by atoms with Gasteiger partial charge < -0.3 is 14.6 Å². The molecule has 0 aliphatic carbocycles. The summed E-state index contributed by atoms with van der Waals surface area (Å²) in [5, 5.41) is 2.81. The minimum absolute atomic E-state index is 0.0347. The number of carbonyl (C=O) groups is 1. The van der Waals surface area contributed by atoms with Crippen LogP contribution in [0.3, 0.4) is 0 Å². The fraction of sp³-hybridized carbons (Fsp3) is 0.556. The molecule has 1 heterocycles. The van der Waals surface area contributed by atoms with Crippen LogP contribution in [0.1, 0.15) is 6.92 Å². The van der Waals surface area contributed by atoms with Crippen molar-refractivity contribution in [2.75, 3.05) is 13.7 Å². The predicted molar refractivity (Wildman–Crippen MR) is 51.7 cm³/mol. The molecule has 78 valence electrons. The molecule has 0 aliphatic rings. The molecule has 0 aromatic carbocycles. The Bertz CT molecular complexity index is 272. The van der Waals surface area contributed by atoms with E-state index in [0.717, 1.165) is 0 Å². The number of aromatic nitrogens is 2. The van der Waals surface area contributed by atoms with E-state index in [1.165, 1.54) is 0 Å². The number of hydrogen-bond donors (Lipinski definition) is 1. The quantitative estimate of drug-likeness (QED) is 0.724. The van der Waals surface area contributed by atoms with Crippen LogP contribution in [0.25, 0.3) is 0 Å². The molecule has 1 rings (SSSR count). The highest BCUT2D eigenvalue weighted by molar-refractivity contribution is 5.75. The molecule has 14 heavy (non-hydrogen) atoms. The van der Waals surface area contributed by atoms with Crippen molar-refractivity contribution < 1.29 is 9.53 Å². The number of carbonyl (C=O) groups excluding carboxylic acids is 1. The van der Waals surface area contributed by atoms with Gasteiger partial charge in [0.25, 0.3) is 0 Å². The highest BCUT2D eigenvalue weighted by Gasteiger charge is 2.06. The van der Waals surface area contributed by atoms with E-state index in [9.17, 15) is 4.79 Å². The van der Waals surface area contributed by atoms with Crippen molar-refractivity contribution in [3.05, 3.63) is 18.7 Å². The molecule has 0 fully saturated rings. The van der Waals surface area contributed by atoms with Crippen LogP contribution >= 0.6 is 0 Å². The lowest BCUT2D eigenvalue weighted by molar-refractivity contribution is -0.122. The van der Waals surface area contributed by atoms with Gasteiger partial charge in [0.05, 0.1) is 12.9 Å². The number of imidazole rings is 1. The Balaban J connectivity index is 2.29. The number of nitrogens with zero attached hydrogens (tertiary/aromatic N) is 2. The normalized spacial score (nSPS) is 12.4. The molecule has 1 aromatic heterocycles. The monoisotopic (exact) mass is 197 g/mol. The van der Waals surface area contributed by atoms with Gasteiger partial charge >= 0.3 is 0 Å². The number of rotatable bonds is 5. The fourth-order valence-corrected chi connectivity index (χ4v) is 1.16. The van der Waals surface area contributed by atoms with Crippen LogP contribution in [-0.4, -0.2) is 35.2 Å². The van der Waals surface area contributed by atoms with Gasteiger partial charge in [0.2, 0.25) is 5.91 Å². The molecular formula is C9H15N3O2. The Hall–Kier alpha value is -1.36. The maximum absolute atomic E-state index is 11.4. The van der Waals surface area contributed by atoms with E-state index >= 15 is 0 Å². The van der Waals surface area contributed by atoms with E-state index in [1.54, 1.807) is 30.4 Å². The Morgan fingerprint density at radius 3 is 3.07 bits per heavy atom. The molecule has 0 aliphatic heterocycles. The third-order valence-corrected chi connectivity index (χ3v) is 1.71. The third-order valence-electron chi connectivity index (χ3n) is 1.71. The average Bonchev–Trinajstić information content (AvgIpc) is 2.56.